The van der Waals surface area contributed by atoms with Crippen LogP contribution < -0.4 is 5.73 Å². The quantitative estimate of drug-likeness (QED) is 0.803. The summed E-state index contributed by atoms with van der Waals surface area (Å²) in [6.45, 7) is 6.26. The third kappa shape index (κ3) is 4.13. The van der Waals surface area contributed by atoms with Crippen LogP contribution in [-0.4, -0.2) is 23.9 Å². The molecule has 1 heterocycles. The van der Waals surface area contributed by atoms with Crippen molar-refractivity contribution in [3.8, 4) is 0 Å². The Bertz CT molecular complexity index is 446. The molecule has 0 aromatic heterocycles. The molecule has 0 unspecified atom stereocenters. The molecule has 0 radical (unpaired) electrons. The number of carbonyl (C=O) groups is 1. The maximum Gasteiger partial charge on any atom is 0.253 e. The summed E-state index contributed by atoms with van der Waals surface area (Å²) in [5.74, 6) is 0.111. The van der Waals surface area contributed by atoms with E-state index in [9.17, 15) is 4.79 Å². The lowest BCUT2D eigenvalue weighted by molar-refractivity contribution is 0.0757. The van der Waals surface area contributed by atoms with Crippen molar-refractivity contribution in [2.75, 3.05) is 18.8 Å². The summed E-state index contributed by atoms with van der Waals surface area (Å²) in [5, 5.41) is 0. The largest absolute Gasteiger partial charge is 0.399 e. The van der Waals surface area contributed by atoms with Gasteiger partial charge in [-0.05, 0) is 42.9 Å². The molecule has 4 heteroatoms. The molecule has 1 aliphatic heterocycles. The molecular weight excluding hydrogens is 260 g/mol. The minimum atomic E-state index is 0. The first-order valence-electron chi connectivity index (χ1n) is 6.63. The second-order valence-corrected chi connectivity index (χ2v) is 5.94. The van der Waals surface area contributed by atoms with Crippen molar-refractivity contribution in [2.45, 2.75) is 33.1 Å². The summed E-state index contributed by atoms with van der Waals surface area (Å²) < 4.78 is 0. The number of benzene rings is 1. The van der Waals surface area contributed by atoms with Crippen LogP contribution in [0.3, 0.4) is 0 Å². The smallest absolute Gasteiger partial charge is 0.253 e. The first kappa shape index (κ1) is 15.8. The molecule has 0 atom stereocenters. The molecule has 0 saturated carbocycles. The average molecular weight is 283 g/mol. The number of nitrogens with zero attached hydrogens (tertiary/aromatic N) is 1. The zero-order valence-corrected chi connectivity index (χ0v) is 12.5. The average Bonchev–Trinajstić information content (AvgIpc) is 2.49. The maximum absolute atomic E-state index is 12.4. The van der Waals surface area contributed by atoms with Crippen molar-refractivity contribution in [2.24, 2.45) is 5.41 Å². The van der Waals surface area contributed by atoms with Crippen LogP contribution in [0.2, 0.25) is 0 Å². The lowest BCUT2D eigenvalue weighted by atomic mass is 9.85. The molecule has 0 aliphatic carbocycles. The van der Waals surface area contributed by atoms with Crippen LogP contribution >= 0.6 is 12.4 Å². The molecular formula is C15H23ClN2O. The number of amides is 1. The van der Waals surface area contributed by atoms with E-state index < -0.39 is 0 Å². The van der Waals surface area contributed by atoms with Gasteiger partial charge in [-0.15, -0.1) is 12.4 Å². The number of hydrogen-bond acceptors (Lipinski definition) is 2. The normalized spacial score (nSPS) is 18.3. The SMILES string of the molecule is CC1(C)CCCN(C(=O)c2cccc(N)c2)CC1.Cl. The monoisotopic (exact) mass is 282 g/mol. The first-order chi connectivity index (χ1) is 8.48. The number of halogens is 1. The van der Waals surface area contributed by atoms with Gasteiger partial charge >= 0.3 is 0 Å². The summed E-state index contributed by atoms with van der Waals surface area (Å²) >= 11 is 0. The number of carbonyl (C=O) groups excluding carboxylic acids is 1. The van der Waals surface area contributed by atoms with Gasteiger partial charge in [-0.3, -0.25) is 4.79 Å². The molecule has 3 nitrogen and oxygen atoms in total. The zero-order chi connectivity index (χ0) is 13.2. The van der Waals surface area contributed by atoms with Crippen LogP contribution in [0.4, 0.5) is 5.69 Å². The number of nitrogen functional groups attached to an aromatic ring is 1. The van der Waals surface area contributed by atoms with Crippen LogP contribution in [0.5, 0.6) is 0 Å². The molecule has 1 aromatic rings. The van der Waals surface area contributed by atoms with Gasteiger partial charge in [-0.25, -0.2) is 0 Å². The number of anilines is 1. The molecule has 1 aliphatic rings. The molecule has 2 rings (SSSR count). The van der Waals surface area contributed by atoms with Gasteiger partial charge in [0.1, 0.15) is 0 Å². The summed E-state index contributed by atoms with van der Waals surface area (Å²) in [6.07, 6.45) is 3.34. The van der Waals surface area contributed by atoms with E-state index in [0.29, 0.717) is 16.7 Å². The molecule has 1 fully saturated rings. The fourth-order valence-corrected chi connectivity index (χ4v) is 2.48. The fraction of sp³-hybridized carbons (Fsp3) is 0.533. The van der Waals surface area contributed by atoms with Gasteiger partial charge in [0.2, 0.25) is 0 Å². The Hall–Kier alpha value is -1.22. The molecule has 0 bridgehead atoms. The summed E-state index contributed by atoms with van der Waals surface area (Å²) in [5.41, 5.74) is 7.43. The van der Waals surface area contributed by atoms with Gasteiger partial charge in [-0.1, -0.05) is 19.9 Å². The minimum absolute atomic E-state index is 0. The molecule has 0 spiro atoms. The van der Waals surface area contributed by atoms with E-state index >= 15 is 0 Å². The highest BCUT2D eigenvalue weighted by atomic mass is 35.5. The van der Waals surface area contributed by atoms with Gasteiger partial charge in [0.15, 0.2) is 0 Å². The first-order valence-corrected chi connectivity index (χ1v) is 6.63. The van der Waals surface area contributed by atoms with E-state index in [1.54, 1.807) is 6.07 Å². The lowest BCUT2D eigenvalue weighted by Crippen LogP contribution is -2.32. The van der Waals surface area contributed by atoms with Crippen LogP contribution in [0.25, 0.3) is 0 Å². The number of hydrogen-bond donors (Lipinski definition) is 1. The summed E-state index contributed by atoms with van der Waals surface area (Å²) in [4.78, 5) is 14.3. The molecule has 106 valence electrons. The van der Waals surface area contributed by atoms with E-state index in [2.05, 4.69) is 13.8 Å². The molecule has 1 aromatic carbocycles. The third-order valence-electron chi connectivity index (χ3n) is 3.76. The van der Waals surface area contributed by atoms with E-state index in [1.807, 2.05) is 23.1 Å². The van der Waals surface area contributed by atoms with Gasteiger partial charge in [0, 0.05) is 24.3 Å². The van der Waals surface area contributed by atoms with Gasteiger partial charge in [0.25, 0.3) is 5.91 Å². The maximum atomic E-state index is 12.4. The van der Waals surface area contributed by atoms with E-state index in [-0.39, 0.29) is 18.3 Å². The predicted octanol–water partition coefficient (Wildman–Crippen LogP) is 3.34. The van der Waals surface area contributed by atoms with Crippen LogP contribution in [0, 0.1) is 5.41 Å². The minimum Gasteiger partial charge on any atom is -0.399 e. The predicted molar refractivity (Wildman–Crippen MR) is 81.6 cm³/mol. The van der Waals surface area contributed by atoms with Crippen LogP contribution in [-0.2, 0) is 0 Å². The Balaban J connectivity index is 0.00000180. The zero-order valence-electron chi connectivity index (χ0n) is 11.7. The van der Waals surface area contributed by atoms with Crippen molar-refractivity contribution in [3.63, 3.8) is 0 Å². The number of rotatable bonds is 1. The highest BCUT2D eigenvalue weighted by Gasteiger charge is 2.25. The highest BCUT2D eigenvalue weighted by molar-refractivity contribution is 5.95. The second-order valence-electron chi connectivity index (χ2n) is 5.94. The molecule has 1 saturated heterocycles. The Labute approximate surface area is 121 Å². The van der Waals surface area contributed by atoms with Gasteiger partial charge in [-0.2, -0.15) is 0 Å². The van der Waals surface area contributed by atoms with E-state index in [4.69, 9.17) is 5.73 Å². The number of nitrogens with two attached hydrogens (primary N) is 1. The van der Waals surface area contributed by atoms with E-state index in [0.717, 1.165) is 25.9 Å². The Kier molecular flexibility index (Phi) is 5.24. The lowest BCUT2D eigenvalue weighted by Gasteiger charge is -2.23. The van der Waals surface area contributed by atoms with Crippen molar-refractivity contribution in [3.05, 3.63) is 29.8 Å². The van der Waals surface area contributed by atoms with Crippen molar-refractivity contribution < 1.29 is 4.79 Å². The van der Waals surface area contributed by atoms with Crippen LogP contribution in [0.1, 0.15) is 43.5 Å². The van der Waals surface area contributed by atoms with Crippen molar-refractivity contribution in [1.82, 2.24) is 4.90 Å². The van der Waals surface area contributed by atoms with Crippen molar-refractivity contribution in [1.29, 1.82) is 0 Å². The standard InChI is InChI=1S/C15H22N2O.ClH/c1-15(2)7-4-9-17(10-8-15)14(18)12-5-3-6-13(16)11-12;/h3,5-6,11H,4,7-10,16H2,1-2H3;1H. The van der Waals surface area contributed by atoms with Crippen LogP contribution in [0.15, 0.2) is 24.3 Å². The summed E-state index contributed by atoms with van der Waals surface area (Å²) in [6, 6.07) is 7.25. The molecule has 1 amide bonds. The van der Waals surface area contributed by atoms with Gasteiger partial charge < -0.3 is 10.6 Å². The van der Waals surface area contributed by atoms with E-state index in [1.165, 1.54) is 6.42 Å². The topological polar surface area (TPSA) is 46.3 Å². The van der Waals surface area contributed by atoms with Gasteiger partial charge in [0.05, 0.1) is 0 Å². The molecule has 2 N–H and O–H groups in total. The Morgan fingerprint density at radius 2 is 2.00 bits per heavy atom. The molecule has 19 heavy (non-hydrogen) atoms. The van der Waals surface area contributed by atoms with Crippen molar-refractivity contribution >= 4 is 24.0 Å². The highest BCUT2D eigenvalue weighted by Crippen LogP contribution is 2.30. The fourth-order valence-electron chi connectivity index (χ4n) is 2.48. The number of likely N-dealkylation sites (tertiary alicyclic amines) is 1. The Morgan fingerprint density at radius 1 is 1.26 bits per heavy atom. The Morgan fingerprint density at radius 3 is 2.68 bits per heavy atom. The summed E-state index contributed by atoms with van der Waals surface area (Å²) in [7, 11) is 0. The third-order valence-corrected chi connectivity index (χ3v) is 3.76. The second kappa shape index (κ2) is 6.29.